The van der Waals surface area contributed by atoms with Gasteiger partial charge >= 0.3 is 0 Å². The van der Waals surface area contributed by atoms with E-state index in [2.05, 4.69) is 56.0 Å². The third-order valence-electron chi connectivity index (χ3n) is 2.98. The van der Waals surface area contributed by atoms with Crippen LogP contribution in [0.15, 0.2) is 18.2 Å². The van der Waals surface area contributed by atoms with E-state index in [-0.39, 0.29) is 0 Å². The molecule has 0 fully saturated rings. The summed E-state index contributed by atoms with van der Waals surface area (Å²) in [4.78, 5) is 5.75. The molecule has 1 aromatic carbocycles. The maximum atomic E-state index is 3.52. The molecule has 16 heavy (non-hydrogen) atoms. The second kappa shape index (κ2) is 4.30. The quantitative estimate of drug-likeness (QED) is 0.835. The highest BCUT2D eigenvalue weighted by Crippen LogP contribution is 2.24. The van der Waals surface area contributed by atoms with Crippen LogP contribution in [0, 0.1) is 6.92 Å². The molecule has 0 saturated heterocycles. The van der Waals surface area contributed by atoms with Crippen molar-refractivity contribution in [3.63, 3.8) is 0 Å². The number of fused-ring (bicyclic) bond motifs is 1. The first-order valence-electron chi connectivity index (χ1n) is 5.86. The molecule has 0 bridgehead atoms. The van der Waals surface area contributed by atoms with Gasteiger partial charge in [0, 0.05) is 23.1 Å². The SMILES string of the molecule is CCc1[nH]c2ccc(C)cc2c1CN(C)C. The molecule has 1 heterocycles. The van der Waals surface area contributed by atoms with E-state index >= 15 is 0 Å². The van der Waals surface area contributed by atoms with Crippen LogP contribution in [0.3, 0.4) is 0 Å². The number of aromatic amines is 1. The predicted octanol–water partition coefficient (Wildman–Crippen LogP) is 3.10. The summed E-state index contributed by atoms with van der Waals surface area (Å²) in [5.74, 6) is 0. The van der Waals surface area contributed by atoms with Gasteiger partial charge in [0.1, 0.15) is 0 Å². The second-order valence-electron chi connectivity index (χ2n) is 4.72. The van der Waals surface area contributed by atoms with Crippen molar-refractivity contribution in [1.82, 2.24) is 9.88 Å². The van der Waals surface area contributed by atoms with Crippen LogP contribution in [0.5, 0.6) is 0 Å². The van der Waals surface area contributed by atoms with Crippen LogP contribution in [0.25, 0.3) is 10.9 Å². The molecule has 0 aliphatic heterocycles. The molecule has 0 radical (unpaired) electrons. The Labute approximate surface area is 97.3 Å². The highest BCUT2D eigenvalue weighted by Gasteiger charge is 2.10. The average molecular weight is 216 g/mol. The van der Waals surface area contributed by atoms with Crippen molar-refractivity contribution < 1.29 is 0 Å². The number of rotatable bonds is 3. The van der Waals surface area contributed by atoms with Crippen molar-refractivity contribution in [2.45, 2.75) is 26.8 Å². The van der Waals surface area contributed by atoms with Crippen molar-refractivity contribution in [2.24, 2.45) is 0 Å². The first-order chi connectivity index (χ1) is 7.61. The first-order valence-corrected chi connectivity index (χ1v) is 5.86. The molecule has 2 rings (SSSR count). The summed E-state index contributed by atoms with van der Waals surface area (Å²) in [5, 5.41) is 1.38. The summed E-state index contributed by atoms with van der Waals surface area (Å²) in [6, 6.07) is 6.63. The van der Waals surface area contributed by atoms with Crippen LogP contribution < -0.4 is 0 Å². The van der Waals surface area contributed by atoms with E-state index in [9.17, 15) is 0 Å². The Hall–Kier alpha value is -1.28. The third kappa shape index (κ3) is 1.98. The summed E-state index contributed by atoms with van der Waals surface area (Å²) in [7, 11) is 4.24. The molecule has 0 saturated carbocycles. The summed E-state index contributed by atoms with van der Waals surface area (Å²) in [6.07, 6.45) is 1.07. The van der Waals surface area contributed by atoms with Gasteiger partial charge in [0.2, 0.25) is 0 Å². The summed E-state index contributed by atoms with van der Waals surface area (Å²) in [5.41, 5.74) is 5.41. The molecule has 0 atom stereocenters. The summed E-state index contributed by atoms with van der Waals surface area (Å²) < 4.78 is 0. The highest BCUT2D eigenvalue weighted by molar-refractivity contribution is 5.85. The minimum atomic E-state index is 1.01. The zero-order valence-corrected chi connectivity index (χ0v) is 10.6. The number of nitrogens with zero attached hydrogens (tertiary/aromatic N) is 1. The van der Waals surface area contributed by atoms with Crippen LogP contribution in [-0.2, 0) is 13.0 Å². The van der Waals surface area contributed by atoms with Crippen molar-refractivity contribution in [3.05, 3.63) is 35.0 Å². The van der Waals surface area contributed by atoms with Crippen LogP contribution in [0.4, 0.5) is 0 Å². The molecule has 1 N–H and O–H groups in total. The van der Waals surface area contributed by atoms with Crippen LogP contribution in [0.1, 0.15) is 23.7 Å². The average Bonchev–Trinajstić information content (AvgIpc) is 2.56. The molecule has 0 unspecified atom stereocenters. The third-order valence-corrected chi connectivity index (χ3v) is 2.98. The van der Waals surface area contributed by atoms with Crippen LogP contribution in [-0.4, -0.2) is 24.0 Å². The lowest BCUT2D eigenvalue weighted by atomic mass is 10.1. The number of benzene rings is 1. The van der Waals surface area contributed by atoms with Gasteiger partial charge in [-0.1, -0.05) is 18.6 Å². The Bertz CT molecular complexity index is 495. The topological polar surface area (TPSA) is 19.0 Å². The van der Waals surface area contributed by atoms with Gasteiger partial charge in [-0.25, -0.2) is 0 Å². The zero-order chi connectivity index (χ0) is 11.7. The fourth-order valence-corrected chi connectivity index (χ4v) is 2.22. The molecular formula is C14H20N2. The van der Waals surface area contributed by atoms with Gasteiger partial charge in [0.05, 0.1) is 0 Å². The second-order valence-corrected chi connectivity index (χ2v) is 4.72. The van der Waals surface area contributed by atoms with Crippen LogP contribution >= 0.6 is 0 Å². The van der Waals surface area contributed by atoms with E-state index in [4.69, 9.17) is 0 Å². The van der Waals surface area contributed by atoms with Gasteiger partial charge in [0.15, 0.2) is 0 Å². The normalized spacial score (nSPS) is 11.6. The van der Waals surface area contributed by atoms with E-state index < -0.39 is 0 Å². The number of nitrogens with one attached hydrogen (secondary N) is 1. The van der Waals surface area contributed by atoms with Gasteiger partial charge in [-0.05, 0) is 45.1 Å². The van der Waals surface area contributed by atoms with E-state index in [1.54, 1.807) is 0 Å². The Morgan fingerprint density at radius 1 is 1.25 bits per heavy atom. The lowest BCUT2D eigenvalue weighted by molar-refractivity contribution is 0.402. The molecule has 0 amide bonds. The number of hydrogen-bond donors (Lipinski definition) is 1. The van der Waals surface area contributed by atoms with Crippen molar-refractivity contribution in [3.8, 4) is 0 Å². The summed E-state index contributed by atoms with van der Waals surface area (Å²) >= 11 is 0. The fourth-order valence-electron chi connectivity index (χ4n) is 2.22. The molecule has 1 aromatic heterocycles. The molecule has 0 spiro atoms. The Morgan fingerprint density at radius 3 is 2.62 bits per heavy atom. The zero-order valence-electron chi connectivity index (χ0n) is 10.6. The van der Waals surface area contributed by atoms with E-state index in [1.165, 1.54) is 27.7 Å². The smallest absolute Gasteiger partial charge is 0.0459 e. The predicted molar refractivity (Wildman–Crippen MR) is 69.8 cm³/mol. The number of aromatic nitrogens is 1. The van der Waals surface area contributed by atoms with E-state index in [0.717, 1.165) is 13.0 Å². The van der Waals surface area contributed by atoms with Crippen molar-refractivity contribution in [1.29, 1.82) is 0 Å². The molecule has 0 aliphatic carbocycles. The standard InChI is InChI=1S/C14H20N2/c1-5-13-12(9-16(3)4)11-8-10(2)6-7-14(11)15-13/h6-8,15H,5,9H2,1-4H3. The number of H-pyrrole nitrogens is 1. The fraction of sp³-hybridized carbons (Fsp3) is 0.429. The maximum Gasteiger partial charge on any atom is 0.0459 e. The minimum Gasteiger partial charge on any atom is -0.358 e. The lowest BCUT2D eigenvalue weighted by Gasteiger charge is -2.10. The summed E-state index contributed by atoms with van der Waals surface area (Å²) in [6.45, 7) is 5.36. The Balaban J connectivity index is 2.60. The maximum absolute atomic E-state index is 3.52. The van der Waals surface area contributed by atoms with Crippen LogP contribution in [0.2, 0.25) is 0 Å². The minimum absolute atomic E-state index is 1.01. The van der Waals surface area contributed by atoms with E-state index in [0.29, 0.717) is 0 Å². The van der Waals surface area contributed by atoms with Gasteiger partial charge in [-0.15, -0.1) is 0 Å². The largest absolute Gasteiger partial charge is 0.358 e. The highest BCUT2D eigenvalue weighted by atomic mass is 15.1. The molecule has 86 valence electrons. The number of hydrogen-bond acceptors (Lipinski definition) is 1. The molecule has 2 heteroatoms. The van der Waals surface area contributed by atoms with E-state index in [1.807, 2.05) is 0 Å². The molecule has 2 nitrogen and oxygen atoms in total. The molecular weight excluding hydrogens is 196 g/mol. The van der Waals surface area contributed by atoms with Gasteiger partial charge < -0.3 is 9.88 Å². The molecule has 2 aromatic rings. The lowest BCUT2D eigenvalue weighted by Crippen LogP contribution is -2.11. The molecule has 0 aliphatic rings. The van der Waals surface area contributed by atoms with Gasteiger partial charge in [0.25, 0.3) is 0 Å². The first kappa shape index (κ1) is 11.2. The number of aryl methyl sites for hydroxylation is 2. The van der Waals surface area contributed by atoms with Gasteiger partial charge in [-0.2, -0.15) is 0 Å². The van der Waals surface area contributed by atoms with Crippen molar-refractivity contribution in [2.75, 3.05) is 14.1 Å². The Morgan fingerprint density at radius 2 is 2.00 bits per heavy atom. The van der Waals surface area contributed by atoms with Crippen molar-refractivity contribution >= 4 is 10.9 Å². The van der Waals surface area contributed by atoms with Gasteiger partial charge in [-0.3, -0.25) is 0 Å². The monoisotopic (exact) mass is 216 g/mol. The Kier molecular flexibility index (Phi) is 3.01.